The molecule has 7 heteroatoms. The van der Waals surface area contributed by atoms with E-state index in [2.05, 4.69) is 9.47 Å². The van der Waals surface area contributed by atoms with E-state index in [4.69, 9.17) is 5.11 Å². The van der Waals surface area contributed by atoms with Gasteiger partial charge >= 0.3 is 6.18 Å². The molecule has 0 bridgehead atoms. The molecule has 1 N–H and O–H groups in total. The molecule has 0 unspecified atom stereocenters. The van der Waals surface area contributed by atoms with Gasteiger partial charge in [-0.25, -0.2) is 4.39 Å². The molecule has 0 saturated heterocycles. The summed E-state index contributed by atoms with van der Waals surface area (Å²) in [7, 11) is 2.11. The van der Waals surface area contributed by atoms with Crippen LogP contribution in [0.3, 0.4) is 0 Å². The van der Waals surface area contributed by atoms with E-state index in [0.29, 0.717) is 0 Å². The van der Waals surface area contributed by atoms with Gasteiger partial charge in [0, 0.05) is 0 Å². The number of aliphatic hydroxyl groups excluding tert-OH is 1. The Bertz CT molecular complexity index is 403. The summed E-state index contributed by atoms with van der Waals surface area (Å²) in [6.45, 7) is 0. The molecule has 0 aliphatic carbocycles. The Labute approximate surface area is 94.6 Å². The summed E-state index contributed by atoms with van der Waals surface area (Å²) in [5, 5.41) is 9.15. The van der Waals surface area contributed by atoms with Crippen molar-refractivity contribution in [3.63, 3.8) is 0 Å². The predicted octanol–water partition coefficient (Wildman–Crippen LogP) is 2.44. The molecule has 0 aromatic heterocycles. The summed E-state index contributed by atoms with van der Waals surface area (Å²) in [5.41, 5.74) is -0.775. The standard InChI is InChI=1S/C10H10F4O3/c1-16-6-4-3-5(11)8(17-2)7(6)9(15)10(12,13)14/h3-4,9,15H,1-2H3/t9-/m0/s1. The number of hydrogen-bond donors (Lipinski definition) is 1. The lowest BCUT2D eigenvalue weighted by atomic mass is 10.1. The number of hydrogen-bond acceptors (Lipinski definition) is 3. The lowest BCUT2D eigenvalue weighted by molar-refractivity contribution is -0.207. The molecule has 0 radical (unpaired) electrons. The van der Waals surface area contributed by atoms with Gasteiger partial charge in [0.15, 0.2) is 17.7 Å². The van der Waals surface area contributed by atoms with Crippen LogP contribution in [0.15, 0.2) is 12.1 Å². The van der Waals surface area contributed by atoms with Crippen molar-refractivity contribution in [3.05, 3.63) is 23.5 Å². The molecule has 0 heterocycles. The van der Waals surface area contributed by atoms with Crippen LogP contribution < -0.4 is 9.47 Å². The van der Waals surface area contributed by atoms with E-state index < -0.39 is 29.4 Å². The SMILES string of the molecule is COc1ccc(F)c(OC)c1[C@H](O)C(F)(F)F. The second-order valence-electron chi connectivity index (χ2n) is 3.14. The molecule has 1 atom stereocenters. The van der Waals surface area contributed by atoms with Crippen molar-refractivity contribution in [1.82, 2.24) is 0 Å². The molecule has 0 fully saturated rings. The van der Waals surface area contributed by atoms with Crippen LogP contribution in [0.25, 0.3) is 0 Å². The van der Waals surface area contributed by atoms with Crippen molar-refractivity contribution >= 4 is 0 Å². The van der Waals surface area contributed by atoms with Gasteiger partial charge in [0.25, 0.3) is 0 Å². The lowest BCUT2D eigenvalue weighted by Crippen LogP contribution is -2.21. The van der Waals surface area contributed by atoms with Crippen molar-refractivity contribution in [2.45, 2.75) is 12.3 Å². The quantitative estimate of drug-likeness (QED) is 0.842. The molecule has 1 aromatic rings. The van der Waals surface area contributed by atoms with Crippen LogP contribution in [0.2, 0.25) is 0 Å². The number of alkyl halides is 3. The fraction of sp³-hybridized carbons (Fsp3) is 0.400. The van der Waals surface area contributed by atoms with E-state index in [0.717, 1.165) is 26.4 Å². The highest BCUT2D eigenvalue weighted by atomic mass is 19.4. The van der Waals surface area contributed by atoms with Gasteiger partial charge in [-0.05, 0) is 12.1 Å². The maximum atomic E-state index is 13.3. The summed E-state index contributed by atoms with van der Waals surface area (Å²) >= 11 is 0. The highest BCUT2D eigenvalue weighted by molar-refractivity contribution is 5.47. The van der Waals surface area contributed by atoms with Gasteiger partial charge < -0.3 is 14.6 Å². The summed E-state index contributed by atoms with van der Waals surface area (Å²) in [4.78, 5) is 0. The fourth-order valence-corrected chi connectivity index (χ4v) is 1.36. The molecule has 3 nitrogen and oxygen atoms in total. The molecule has 17 heavy (non-hydrogen) atoms. The Morgan fingerprint density at radius 1 is 1.18 bits per heavy atom. The van der Waals surface area contributed by atoms with Crippen LogP contribution in [-0.4, -0.2) is 25.5 Å². The van der Waals surface area contributed by atoms with Crippen molar-refractivity contribution < 1.29 is 32.1 Å². The molecule has 1 rings (SSSR count). The molecule has 0 saturated carbocycles. The molecule has 0 spiro atoms. The molecule has 1 aromatic carbocycles. The zero-order chi connectivity index (χ0) is 13.2. The average molecular weight is 254 g/mol. The molecular formula is C10H10F4O3. The number of methoxy groups -OCH3 is 2. The number of rotatable bonds is 3. The van der Waals surface area contributed by atoms with E-state index >= 15 is 0 Å². The maximum absolute atomic E-state index is 13.3. The molecular weight excluding hydrogens is 244 g/mol. The van der Waals surface area contributed by atoms with Crippen LogP contribution in [0.5, 0.6) is 11.5 Å². The van der Waals surface area contributed by atoms with E-state index in [9.17, 15) is 17.6 Å². The van der Waals surface area contributed by atoms with Crippen LogP contribution in [0.1, 0.15) is 11.7 Å². The Balaban J connectivity index is 3.42. The van der Waals surface area contributed by atoms with E-state index in [1.54, 1.807) is 0 Å². The van der Waals surface area contributed by atoms with E-state index in [-0.39, 0.29) is 5.75 Å². The third-order valence-electron chi connectivity index (χ3n) is 2.12. The summed E-state index contributed by atoms with van der Waals surface area (Å²) < 4.78 is 59.7. The van der Waals surface area contributed by atoms with Gasteiger partial charge in [-0.1, -0.05) is 0 Å². The van der Waals surface area contributed by atoms with Gasteiger partial charge in [0.2, 0.25) is 0 Å². The fourth-order valence-electron chi connectivity index (χ4n) is 1.36. The third-order valence-corrected chi connectivity index (χ3v) is 2.12. The highest BCUT2D eigenvalue weighted by Gasteiger charge is 2.43. The van der Waals surface area contributed by atoms with Crippen molar-refractivity contribution in [2.24, 2.45) is 0 Å². The first-order chi connectivity index (χ1) is 7.82. The van der Waals surface area contributed by atoms with Crippen molar-refractivity contribution in [3.8, 4) is 11.5 Å². The summed E-state index contributed by atoms with van der Waals surface area (Å²) in [6, 6.07) is 1.88. The number of halogens is 4. The van der Waals surface area contributed by atoms with Gasteiger partial charge in [0.05, 0.1) is 19.8 Å². The zero-order valence-corrected chi connectivity index (χ0v) is 9.01. The van der Waals surface area contributed by atoms with Crippen LogP contribution in [0, 0.1) is 5.82 Å². The maximum Gasteiger partial charge on any atom is 0.418 e. The predicted molar refractivity (Wildman–Crippen MR) is 50.5 cm³/mol. The lowest BCUT2D eigenvalue weighted by Gasteiger charge is -2.20. The van der Waals surface area contributed by atoms with E-state index in [1.165, 1.54) is 0 Å². The Hall–Kier alpha value is -1.50. The number of ether oxygens (including phenoxy) is 2. The first kappa shape index (κ1) is 13.6. The van der Waals surface area contributed by atoms with Gasteiger partial charge in [-0.2, -0.15) is 13.2 Å². The normalized spacial score (nSPS) is 13.4. The first-order valence-corrected chi connectivity index (χ1v) is 4.48. The van der Waals surface area contributed by atoms with Crippen LogP contribution in [-0.2, 0) is 0 Å². The molecule has 96 valence electrons. The summed E-state index contributed by atoms with van der Waals surface area (Å²) in [5.74, 6) is -1.99. The number of benzene rings is 1. The van der Waals surface area contributed by atoms with Gasteiger partial charge in [-0.15, -0.1) is 0 Å². The monoisotopic (exact) mass is 254 g/mol. The topological polar surface area (TPSA) is 38.7 Å². The smallest absolute Gasteiger partial charge is 0.418 e. The van der Waals surface area contributed by atoms with Crippen LogP contribution in [0.4, 0.5) is 17.6 Å². The van der Waals surface area contributed by atoms with Gasteiger partial charge in [0.1, 0.15) is 5.75 Å². The minimum Gasteiger partial charge on any atom is -0.496 e. The minimum absolute atomic E-state index is 0.298. The Morgan fingerprint density at radius 3 is 2.18 bits per heavy atom. The second kappa shape index (κ2) is 4.79. The van der Waals surface area contributed by atoms with Crippen LogP contribution >= 0.6 is 0 Å². The average Bonchev–Trinajstić information content (AvgIpc) is 2.26. The molecule has 0 aliphatic rings. The van der Waals surface area contributed by atoms with Gasteiger partial charge in [-0.3, -0.25) is 0 Å². The Morgan fingerprint density at radius 2 is 1.76 bits per heavy atom. The first-order valence-electron chi connectivity index (χ1n) is 4.48. The highest BCUT2D eigenvalue weighted by Crippen LogP contribution is 2.43. The van der Waals surface area contributed by atoms with Crippen molar-refractivity contribution in [2.75, 3.05) is 14.2 Å². The largest absolute Gasteiger partial charge is 0.496 e. The molecule has 0 aliphatic heterocycles. The third kappa shape index (κ3) is 2.60. The molecule has 0 amide bonds. The summed E-state index contributed by atoms with van der Waals surface area (Å²) in [6.07, 6.45) is -7.81. The van der Waals surface area contributed by atoms with E-state index in [1.807, 2.05) is 0 Å². The minimum atomic E-state index is -4.94. The number of aliphatic hydroxyl groups is 1. The Kier molecular flexibility index (Phi) is 3.82. The zero-order valence-electron chi connectivity index (χ0n) is 9.01. The second-order valence-corrected chi connectivity index (χ2v) is 3.14. The van der Waals surface area contributed by atoms with Crippen molar-refractivity contribution in [1.29, 1.82) is 0 Å².